The van der Waals surface area contributed by atoms with E-state index in [2.05, 4.69) is 45.1 Å². The van der Waals surface area contributed by atoms with Crippen molar-refractivity contribution in [2.45, 2.75) is 39.5 Å². The van der Waals surface area contributed by atoms with Crippen molar-refractivity contribution in [1.82, 2.24) is 0 Å². The highest BCUT2D eigenvalue weighted by Crippen LogP contribution is 2.32. The van der Waals surface area contributed by atoms with Crippen molar-refractivity contribution in [2.24, 2.45) is 0 Å². The third kappa shape index (κ3) is 4.75. The van der Waals surface area contributed by atoms with Gasteiger partial charge in [-0.25, -0.2) is 0 Å². The van der Waals surface area contributed by atoms with Gasteiger partial charge in [0.25, 0.3) is 5.91 Å². The molecule has 0 aromatic heterocycles. The normalized spacial score (nSPS) is 11.0. The highest BCUT2D eigenvalue weighted by Gasteiger charge is 2.16. The molecule has 0 saturated carbocycles. The maximum atomic E-state index is 12.4. The van der Waals surface area contributed by atoms with Gasteiger partial charge in [-0.05, 0) is 41.2 Å². The first-order valence-corrected chi connectivity index (χ1v) is 8.57. The van der Waals surface area contributed by atoms with Crippen LogP contribution in [0, 0.1) is 0 Å². The number of anilines is 1. The molecule has 2 aromatic rings. The monoisotopic (exact) mass is 345 g/mol. The summed E-state index contributed by atoms with van der Waals surface area (Å²) in [5.74, 6) is 1.06. The second-order valence-corrected chi connectivity index (χ2v) is 6.85. The minimum absolute atomic E-state index is 0.0513. The van der Waals surface area contributed by atoms with Gasteiger partial charge in [0.05, 0.1) is 0 Å². The van der Waals surface area contributed by atoms with E-state index in [4.69, 9.17) is 16.3 Å². The van der Waals surface area contributed by atoms with Crippen LogP contribution in [0.5, 0.6) is 5.75 Å². The van der Waals surface area contributed by atoms with E-state index in [0.717, 1.165) is 16.8 Å². The fourth-order valence-corrected chi connectivity index (χ4v) is 2.76. The molecule has 3 nitrogen and oxygen atoms in total. The summed E-state index contributed by atoms with van der Waals surface area (Å²) in [5.41, 5.74) is 3.18. The largest absolute Gasteiger partial charge is 0.484 e. The zero-order valence-electron chi connectivity index (χ0n) is 14.6. The fraction of sp³-hybridized carbons (Fsp3) is 0.350. The Kier molecular flexibility index (Phi) is 6.27. The quantitative estimate of drug-likeness (QED) is 0.739. The molecule has 0 bridgehead atoms. The first-order chi connectivity index (χ1) is 11.4. The van der Waals surface area contributed by atoms with E-state index in [9.17, 15) is 4.79 Å². The van der Waals surface area contributed by atoms with E-state index in [1.807, 2.05) is 6.07 Å². The van der Waals surface area contributed by atoms with Gasteiger partial charge in [-0.1, -0.05) is 63.6 Å². The second-order valence-electron chi connectivity index (χ2n) is 6.42. The van der Waals surface area contributed by atoms with Crippen LogP contribution in [0.25, 0.3) is 0 Å². The predicted octanol–water partition coefficient (Wildman–Crippen LogP) is 5.60. The maximum absolute atomic E-state index is 12.4. The molecule has 0 radical (unpaired) electrons. The minimum Gasteiger partial charge on any atom is -0.484 e. The highest BCUT2D eigenvalue weighted by molar-refractivity contribution is 6.30. The molecule has 0 heterocycles. The molecule has 2 aromatic carbocycles. The molecule has 1 amide bonds. The lowest BCUT2D eigenvalue weighted by atomic mass is 9.92. The van der Waals surface area contributed by atoms with Crippen LogP contribution < -0.4 is 10.1 Å². The van der Waals surface area contributed by atoms with E-state index >= 15 is 0 Å². The average Bonchev–Trinajstić information content (AvgIpc) is 2.52. The number of carbonyl (C=O) groups is 1. The first kappa shape index (κ1) is 18.3. The molecule has 0 unspecified atom stereocenters. The standard InChI is InChI=1S/C20H24ClNO2/c1-13(2)17-9-6-10-18(14(3)4)20(17)22-19(23)12-24-16-8-5-7-15(21)11-16/h5-11,13-14H,12H2,1-4H3,(H,22,23). The van der Waals surface area contributed by atoms with Gasteiger partial charge in [0.1, 0.15) is 5.75 Å². The Labute approximate surface area is 149 Å². The molecule has 0 saturated heterocycles. The van der Waals surface area contributed by atoms with Gasteiger partial charge < -0.3 is 10.1 Å². The molecule has 0 aliphatic heterocycles. The van der Waals surface area contributed by atoms with Crippen LogP contribution in [-0.4, -0.2) is 12.5 Å². The number of hydrogen-bond donors (Lipinski definition) is 1. The van der Waals surface area contributed by atoms with Gasteiger partial charge in [0, 0.05) is 10.7 Å². The lowest BCUT2D eigenvalue weighted by molar-refractivity contribution is -0.118. The van der Waals surface area contributed by atoms with Gasteiger partial charge in [-0.3, -0.25) is 4.79 Å². The summed E-state index contributed by atoms with van der Waals surface area (Å²) in [5, 5.41) is 3.61. The van der Waals surface area contributed by atoms with Crippen LogP contribution in [0.2, 0.25) is 5.02 Å². The number of para-hydroxylation sites is 1. The Morgan fingerprint density at radius 3 is 2.17 bits per heavy atom. The van der Waals surface area contributed by atoms with Gasteiger partial charge in [0.2, 0.25) is 0 Å². The zero-order chi connectivity index (χ0) is 17.7. The number of halogens is 1. The van der Waals surface area contributed by atoms with Crippen LogP contribution in [0.4, 0.5) is 5.69 Å². The second kappa shape index (κ2) is 8.20. The zero-order valence-corrected chi connectivity index (χ0v) is 15.4. The Morgan fingerprint density at radius 2 is 1.62 bits per heavy atom. The number of rotatable bonds is 6. The Balaban J connectivity index is 2.13. The lowest BCUT2D eigenvalue weighted by Gasteiger charge is -2.20. The molecule has 0 atom stereocenters. The van der Waals surface area contributed by atoms with Crippen LogP contribution in [0.1, 0.15) is 50.7 Å². The first-order valence-electron chi connectivity index (χ1n) is 8.19. The van der Waals surface area contributed by atoms with Crippen molar-refractivity contribution in [3.05, 3.63) is 58.6 Å². The summed E-state index contributed by atoms with van der Waals surface area (Å²) in [4.78, 5) is 12.4. The summed E-state index contributed by atoms with van der Waals surface area (Å²) in [6.07, 6.45) is 0. The van der Waals surface area contributed by atoms with Gasteiger partial charge in [0.15, 0.2) is 6.61 Å². The van der Waals surface area contributed by atoms with E-state index in [0.29, 0.717) is 22.6 Å². The number of carbonyl (C=O) groups excluding carboxylic acids is 1. The number of nitrogens with one attached hydrogen (secondary N) is 1. The summed E-state index contributed by atoms with van der Waals surface area (Å²) in [7, 11) is 0. The number of benzene rings is 2. The van der Waals surface area contributed by atoms with Crippen molar-refractivity contribution < 1.29 is 9.53 Å². The van der Waals surface area contributed by atoms with Crippen molar-refractivity contribution in [3.8, 4) is 5.75 Å². The van der Waals surface area contributed by atoms with Crippen LogP contribution in [0.3, 0.4) is 0 Å². The Bertz CT molecular complexity index is 684. The molecule has 128 valence electrons. The molecule has 0 spiro atoms. The Morgan fingerprint density at radius 1 is 1.04 bits per heavy atom. The van der Waals surface area contributed by atoms with Crippen molar-refractivity contribution in [2.75, 3.05) is 11.9 Å². The Hall–Kier alpha value is -2.00. The minimum atomic E-state index is -0.176. The topological polar surface area (TPSA) is 38.3 Å². The molecule has 1 N–H and O–H groups in total. The van der Waals surface area contributed by atoms with Gasteiger partial charge >= 0.3 is 0 Å². The SMILES string of the molecule is CC(C)c1cccc(C(C)C)c1NC(=O)COc1cccc(Cl)c1. The summed E-state index contributed by atoms with van der Waals surface area (Å²) < 4.78 is 5.53. The average molecular weight is 346 g/mol. The van der Waals surface area contributed by atoms with E-state index in [1.165, 1.54) is 0 Å². The van der Waals surface area contributed by atoms with Crippen molar-refractivity contribution in [3.63, 3.8) is 0 Å². The summed E-state index contributed by atoms with van der Waals surface area (Å²) in [6.45, 7) is 8.44. The third-order valence-corrected chi connectivity index (χ3v) is 4.04. The summed E-state index contributed by atoms with van der Waals surface area (Å²) >= 11 is 5.92. The molecular weight excluding hydrogens is 322 g/mol. The molecule has 4 heteroatoms. The predicted molar refractivity (Wildman–Crippen MR) is 100 cm³/mol. The van der Waals surface area contributed by atoms with Gasteiger partial charge in [-0.15, -0.1) is 0 Å². The van der Waals surface area contributed by atoms with E-state index < -0.39 is 0 Å². The van der Waals surface area contributed by atoms with Crippen LogP contribution in [-0.2, 0) is 4.79 Å². The number of ether oxygens (including phenoxy) is 1. The molecular formula is C20H24ClNO2. The van der Waals surface area contributed by atoms with Crippen molar-refractivity contribution >= 4 is 23.2 Å². The number of amides is 1. The molecule has 0 aliphatic carbocycles. The lowest BCUT2D eigenvalue weighted by Crippen LogP contribution is -2.22. The van der Waals surface area contributed by atoms with Crippen molar-refractivity contribution in [1.29, 1.82) is 0 Å². The molecule has 2 rings (SSSR count). The number of hydrogen-bond acceptors (Lipinski definition) is 2. The molecule has 24 heavy (non-hydrogen) atoms. The fourth-order valence-electron chi connectivity index (χ4n) is 2.58. The summed E-state index contributed by atoms with van der Waals surface area (Å²) in [6, 6.07) is 13.2. The maximum Gasteiger partial charge on any atom is 0.262 e. The molecule has 0 aliphatic rings. The van der Waals surface area contributed by atoms with Crippen LogP contribution in [0.15, 0.2) is 42.5 Å². The van der Waals surface area contributed by atoms with Gasteiger partial charge in [-0.2, -0.15) is 0 Å². The molecule has 0 fully saturated rings. The van der Waals surface area contributed by atoms with E-state index in [-0.39, 0.29) is 12.5 Å². The smallest absolute Gasteiger partial charge is 0.262 e. The third-order valence-electron chi connectivity index (χ3n) is 3.80. The van der Waals surface area contributed by atoms with E-state index in [1.54, 1.807) is 24.3 Å². The highest BCUT2D eigenvalue weighted by atomic mass is 35.5. The van der Waals surface area contributed by atoms with Crippen LogP contribution >= 0.6 is 11.6 Å².